The van der Waals surface area contributed by atoms with Crippen LogP contribution in [-0.4, -0.2) is 42.5 Å². The Morgan fingerprint density at radius 1 is 1.32 bits per heavy atom. The van der Waals surface area contributed by atoms with Crippen molar-refractivity contribution in [1.29, 1.82) is 0 Å². The van der Waals surface area contributed by atoms with Crippen LogP contribution in [0.1, 0.15) is 33.1 Å². The number of amides is 3. The molecule has 120 valence electrons. The lowest BCUT2D eigenvalue weighted by Crippen LogP contribution is -2.46. The smallest absolute Gasteiger partial charge is 0.317 e. The summed E-state index contributed by atoms with van der Waals surface area (Å²) in [6, 6.07) is 9.41. The second-order valence-corrected chi connectivity index (χ2v) is 5.62. The quantitative estimate of drug-likeness (QED) is 0.878. The maximum atomic E-state index is 12.3. The van der Waals surface area contributed by atoms with Gasteiger partial charge >= 0.3 is 6.03 Å². The molecule has 5 heteroatoms. The van der Waals surface area contributed by atoms with Gasteiger partial charge in [0, 0.05) is 31.7 Å². The molecule has 1 aliphatic rings. The highest BCUT2D eigenvalue weighted by molar-refractivity contribution is 5.96. The van der Waals surface area contributed by atoms with Crippen molar-refractivity contribution in [3.05, 3.63) is 30.3 Å². The summed E-state index contributed by atoms with van der Waals surface area (Å²) in [4.78, 5) is 28.0. The first-order chi connectivity index (χ1) is 10.7. The van der Waals surface area contributed by atoms with Gasteiger partial charge < -0.3 is 15.1 Å². The van der Waals surface area contributed by atoms with Crippen LogP contribution in [0.5, 0.6) is 0 Å². The van der Waals surface area contributed by atoms with E-state index in [0.717, 1.165) is 25.1 Å². The number of carbonyl (C=O) groups excluding carboxylic acids is 2. The first-order valence-electron chi connectivity index (χ1n) is 8.06. The molecule has 2 rings (SSSR count). The molecule has 0 aromatic heterocycles. The van der Waals surface area contributed by atoms with Crippen LogP contribution in [-0.2, 0) is 4.79 Å². The molecule has 5 nitrogen and oxygen atoms in total. The zero-order chi connectivity index (χ0) is 15.9. The fourth-order valence-corrected chi connectivity index (χ4v) is 2.68. The summed E-state index contributed by atoms with van der Waals surface area (Å²) >= 11 is 0. The van der Waals surface area contributed by atoms with Crippen molar-refractivity contribution >= 4 is 17.6 Å². The fourth-order valence-electron chi connectivity index (χ4n) is 2.68. The van der Waals surface area contributed by atoms with E-state index in [1.165, 1.54) is 0 Å². The largest absolute Gasteiger partial charge is 0.333 e. The topological polar surface area (TPSA) is 52.7 Å². The number of hydrogen-bond donors (Lipinski definition) is 1. The number of rotatable bonds is 6. The Hall–Kier alpha value is -2.04. The van der Waals surface area contributed by atoms with E-state index in [-0.39, 0.29) is 18.0 Å². The van der Waals surface area contributed by atoms with Gasteiger partial charge in [-0.15, -0.1) is 0 Å². The van der Waals surface area contributed by atoms with Gasteiger partial charge in [-0.1, -0.05) is 31.5 Å². The van der Waals surface area contributed by atoms with E-state index < -0.39 is 0 Å². The van der Waals surface area contributed by atoms with Crippen LogP contribution in [0.25, 0.3) is 0 Å². The molecule has 0 radical (unpaired) electrons. The third-order valence-corrected chi connectivity index (χ3v) is 3.97. The molecule has 1 heterocycles. The lowest BCUT2D eigenvalue weighted by atomic mass is 10.2. The van der Waals surface area contributed by atoms with Crippen LogP contribution in [0.2, 0.25) is 0 Å². The monoisotopic (exact) mass is 303 g/mol. The van der Waals surface area contributed by atoms with Crippen molar-refractivity contribution in [1.82, 2.24) is 10.2 Å². The molecule has 0 bridgehead atoms. The standard InChI is InChI=1S/C17H25N3O2/c1-3-5-11-19(4-2)17(22)18-14-12-16(21)20(13-14)15-9-7-6-8-10-15/h6-10,14H,3-5,11-13H2,1-2H3,(H,18,22). The highest BCUT2D eigenvalue weighted by Crippen LogP contribution is 2.21. The zero-order valence-electron chi connectivity index (χ0n) is 13.4. The number of nitrogens with one attached hydrogen (secondary N) is 1. The number of anilines is 1. The minimum absolute atomic E-state index is 0.0631. The molecule has 3 amide bonds. The summed E-state index contributed by atoms with van der Waals surface area (Å²) in [6.45, 7) is 6.08. The van der Waals surface area contributed by atoms with E-state index >= 15 is 0 Å². The molecule has 22 heavy (non-hydrogen) atoms. The summed E-state index contributed by atoms with van der Waals surface area (Å²) in [7, 11) is 0. The normalized spacial score (nSPS) is 17.6. The number of carbonyl (C=O) groups is 2. The number of urea groups is 1. The Kier molecular flexibility index (Phi) is 5.81. The van der Waals surface area contributed by atoms with Crippen molar-refractivity contribution in [3.8, 4) is 0 Å². The van der Waals surface area contributed by atoms with Crippen molar-refractivity contribution in [2.75, 3.05) is 24.5 Å². The Balaban J connectivity index is 1.92. The number of hydrogen-bond acceptors (Lipinski definition) is 2. The Labute approximate surface area is 132 Å². The number of unbranched alkanes of at least 4 members (excludes halogenated alkanes) is 1. The minimum Gasteiger partial charge on any atom is -0.333 e. The third kappa shape index (κ3) is 4.00. The highest BCUT2D eigenvalue weighted by atomic mass is 16.2. The average molecular weight is 303 g/mol. The molecular weight excluding hydrogens is 278 g/mol. The summed E-state index contributed by atoms with van der Waals surface area (Å²) in [6.07, 6.45) is 2.43. The van der Waals surface area contributed by atoms with Gasteiger partial charge in [0.05, 0.1) is 6.04 Å². The lowest BCUT2D eigenvalue weighted by molar-refractivity contribution is -0.117. The molecular formula is C17H25N3O2. The van der Waals surface area contributed by atoms with Crippen molar-refractivity contribution in [2.45, 2.75) is 39.2 Å². The van der Waals surface area contributed by atoms with Crippen LogP contribution in [0.4, 0.5) is 10.5 Å². The number of benzene rings is 1. The van der Waals surface area contributed by atoms with E-state index in [9.17, 15) is 9.59 Å². The predicted octanol–water partition coefficient (Wildman–Crippen LogP) is 2.62. The fraction of sp³-hybridized carbons (Fsp3) is 0.529. The molecule has 1 atom stereocenters. The Morgan fingerprint density at radius 3 is 2.68 bits per heavy atom. The van der Waals surface area contributed by atoms with Crippen molar-refractivity contribution < 1.29 is 9.59 Å². The molecule has 1 unspecified atom stereocenters. The van der Waals surface area contributed by atoms with E-state index in [0.29, 0.717) is 19.5 Å². The van der Waals surface area contributed by atoms with Gasteiger partial charge in [-0.05, 0) is 25.5 Å². The molecule has 1 aromatic carbocycles. The third-order valence-electron chi connectivity index (χ3n) is 3.97. The SMILES string of the molecule is CCCCN(CC)C(=O)NC1CC(=O)N(c2ccccc2)C1. The minimum atomic E-state index is -0.115. The van der Waals surface area contributed by atoms with Gasteiger partial charge in [-0.25, -0.2) is 4.79 Å². The van der Waals surface area contributed by atoms with Crippen LogP contribution in [0, 0.1) is 0 Å². The van der Waals surface area contributed by atoms with Gasteiger partial charge in [0.2, 0.25) is 5.91 Å². The van der Waals surface area contributed by atoms with Crippen LogP contribution in [0.15, 0.2) is 30.3 Å². The van der Waals surface area contributed by atoms with Crippen LogP contribution in [0.3, 0.4) is 0 Å². The maximum absolute atomic E-state index is 12.3. The molecule has 0 spiro atoms. The Morgan fingerprint density at radius 2 is 2.05 bits per heavy atom. The van der Waals surface area contributed by atoms with Crippen LogP contribution < -0.4 is 10.2 Å². The van der Waals surface area contributed by atoms with Crippen molar-refractivity contribution in [2.24, 2.45) is 0 Å². The summed E-state index contributed by atoms with van der Waals surface area (Å²) in [5, 5.41) is 2.99. The maximum Gasteiger partial charge on any atom is 0.317 e. The van der Waals surface area contributed by atoms with Gasteiger partial charge in [0.15, 0.2) is 0 Å². The number of para-hydroxylation sites is 1. The molecule has 1 aromatic rings. The van der Waals surface area contributed by atoms with Gasteiger partial charge in [0.1, 0.15) is 0 Å². The highest BCUT2D eigenvalue weighted by Gasteiger charge is 2.32. The van der Waals surface area contributed by atoms with E-state index in [4.69, 9.17) is 0 Å². The molecule has 1 N–H and O–H groups in total. The van der Waals surface area contributed by atoms with E-state index in [2.05, 4.69) is 12.2 Å². The summed E-state index contributed by atoms with van der Waals surface area (Å²) < 4.78 is 0. The second-order valence-electron chi connectivity index (χ2n) is 5.62. The first-order valence-corrected chi connectivity index (χ1v) is 8.06. The zero-order valence-corrected chi connectivity index (χ0v) is 13.4. The Bertz CT molecular complexity index is 504. The molecule has 1 aliphatic heterocycles. The molecule has 1 fully saturated rings. The second kappa shape index (κ2) is 7.82. The molecule has 0 saturated carbocycles. The van der Waals surface area contributed by atoms with Crippen LogP contribution >= 0.6 is 0 Å². The average Bonchev–Trinajstić information content (AvgIpc) is 2.89. The summed E-state index contributed by atoms with van der Waals surface area (Å²) in [5.41, 5.74) is 0.891. The summed E-state index contributed by atoms with van der Waals surface area (Å²) in [5.74, 6) is 0.0631. The van der Waals surface area contributed by atoms with Gasteiger partial charge in [-0.2, -0.15) is 0 Å². The predicted molar refractivity (Wildman–Crippen MR) is 87.9 cm³/mol. The number of nitrogens with zero attached hydrogens (tertiary/aromatic N) is 2. The van der Waals surface area contributed by atoms with Crippen molar-refractivity contribution in [3.63, 3.8) is 0 Å². The molecule has 1 saturated heterocycles. The van der Waals surface area contributed by atoms with Gasteiger partial charge in [-0.3, -0.25) is 4.79 Å². The molecule has 0 aliphatic carbocycles. The van der Waals surface area contributed by atoms with E-state index in [1.54, 1.807) is 9.80 Å². The first kappa shape index (κ1) is 16.3. The van der Waals surface area contributed by atoms with Gasteiger partial charge in [0.25, 0.3) is 0 Å². The van der Waals surface area contributed by atoms with E-state index in [1.807, 2.05) is 37.3 Å². The lowest BCUT2D eigenvalue weighted by Gasteiger charge is -2.23.